The van der Waals surface area contributed by atoms with Gasteiger partial charge in [-0.25, -0.2) is 4.39 Å². The summed E-state index contributed by atoms with van der Waals surface area (Å²) in [6.45, 7) is 0. The number of allylic oxidation sites excluding steroid dienone is 1. The highest BCUT2D eigenvalue weighted by atomic mass is 32.1. The SMILES string of the molecule is N#C/C(=C\c1cccs1)c1ccc(F)cc1. The van der Waals surface area contributed by atoms with Gasteiger partial charge in [0, 0.05) is 4.88 Å². The molecule has 1 aromatic heterocycles. The lowest BCUT2D eigenvalue weighted by Gasteiger charge is -1.97. The van der Waals surface area contributed by atoms with Crippen LogP contribution in [-0.2, 0) is 0 Å². The number of halogens is 1. The minimum atomic E-state index is -0.294. The fourth-order valence-electron chi connectivity index (χ4n) is 1.33. The van der Waals surface area contributed by atoms with Crippen LogP contribution < -0.4 is 0 Å². The molecule has 0 bridgehead atoms. The van der Waals surface area contributed by atoms with Gasteiger partial charge in [-0.05, 0) is 35.2 Å². The first-order chi connectivity index (χ1) is 7.79. The molecule has 0 aliphatic heterocycles. The molecule has 1 heterocycles. The summed E-state index contributed by atoms with van der Waals surface area (Å²) in [6, 6.07) is 11.9. The Morgan fingerprint density at radius 3 is 2.56 bits per heavy atom. The molecule has 0 aliphatic carbocycles. The van der Waals surface area contributed by atoms with Gasteiger partial charge in [-0.1, -0.05) is 18.2 Å². The van der Waals surface area contributed by atoms with Gasteiger partial charge < -0.3 is 0 Å². The van der Waals surface area contributed by atoms with Crippen molar-refractivity contribution in [1.82, 2.24) is 0 Å². The lowest BCUT2D eigenvalue weighted by Crippen LogP contribution is -1.81. The largest absolute Gasteiger partial charge is 0.207 e. The smallest absolute Gasteiger partial charge is 0.123 e. The van der Waals surface area contributed by atoms with Gasteiger partial charge in [-0.15, -0.1) is 11.3 Å². The Balaban J connectivity index is 2.37. The summed E-state index contributed by atoms with van der Waals surface area (Å²) in [5.41, 5.74) is 1.28. The van der Waals surface area contributed by atoms with Crippen molar-refractivity contribution in [2.24, 2.45) is 0 Å². The summed E-state index contributed by atoms with van der Waals surface area (Å²) in [5.74, 6) is -0.294. The average Bonchev–Trinajstić information content (AvgIpc) is 2.80. The number of hydrogen-bond donors (Lipinski definition) is 0. The molecule has 3 heteroatoms. The summed E-state index contributed by atoms with van der Waals surface area (Å²) in [4.78, 5) is 1.01. The van der Waals surface area contributed by atoms with E-state index in [1.54, 1.807) is 29.5 Å². The number of thiophene rings is 1. The fourth-order valence-corrected chi connectivity index (χ4v) is 1.98. The van der Waals surface area contributed by atoms with Crippen LogP contribution in [0.5, 0.6) is 0 Å². The Labute approximate surface area is 97.1 Å². The Morgan fingerprint density at radius 2 is 2.00 bits per heavy atom. The van der Waals surface area contributed by atoms with Gasteiger partial charge in [-0.3, -0.25) is 0 Å². The zero-order valence-electron chi connectivity index (χ0n) is 8.35. The number of benzene rings is 1. The minimum Gasteiger partial charge on any atom is -0.207 e. The zero-order chi connectivity index (χ0) is 11.4. The molecule has 0 radical (unpaired) electrons. The van der Waals surface area contributed by atoms with Crippen molar-refractivity contribution in [3.63, 3.8) is 0 Å². The van der Waals surface area contributed by atoms with E-state index in [0.29, 0.717) is 5.57 Å². The van der Waals surface area contributed by atoms with Crippen LogP contribution in [0.3, 0.4) is 0 Å². The second kappa shape index (κ2) is 4.73. The first-order valence-corrected chi connectivity index (χ1v) is 5.59. The van der Waals surface area contributed by atoms with Gasteiger partial charge in [0.2, 0.25) is 0 Å². The molecule has 16 heavy (non-hydrogen) atoms. The van der Waals surface area contributed by atoms with Crippen molar-refractivity contribution in [1.29, 1.82) is 5.26 Å². The summed E-state index contributed by atoms with van der Waals surface area (Å²) < 4.78 is 12.7. The Hall–Kier alpha value is -1.92. The Morgan fingerprint density at radius 1 is 1.25 bits per heavy atom. The molecule has 0 atom stereocenters. The lowest BCUT2D eigenvalue weighted by molar-refractivity contribution is 0.627. The summed E-state index contributed by atoms with van der Waals surface area (Å²) in [7, 11) is 0. The van der Waals surface area contributed by atoms with Crippen molar-refractivity contribution >= 4 is 23.0 Å². The monoisotopic (exact) mass is 229 g/mol. The molecule has 0 saturated heterocycles. The van der Waals surface area contributed by atoms with E-state index < -0.39 is 0 Å². The molecule has 2 aromatic rings. The highest BCUT2D eigenvalue weighted by Gasteiger charge is 2.01. The van der Waals surface area contributed by atoms with Gasteiger partial charge in [0.05, 0.1) is 11.6 Å². The van der Waals surface area contributed by atoms with E-state index >= 15 is 0 Å². The van der Waals surface area contributed by atoms with Crippen LogP contribution in [0.2, 0.25) is 0 Å². The number of rotatable bonds is 2. The van der Waals surface area contributed by atoms with Crippen LogP contribution in [0, 0.1) is 17.1 Å². The summed E-state index contributed by atoms with van der Waals surface area (Å²) in [6.07, 6.45) is 1.80. The van der Waals surface area contributed by atoms with Crippen LogP contribution in [0.4, 0.5) is 4.39 Å². The Kier molecular flexibility index (Phi) is 3.13. The van der Waals surface area contributed by atoms with Crippen molar-refractivity contribution in [2.45, 2.75) is 0 Å². The summed E-state index contributed by atoms with van der Waals surface area (Å²) in [5, 5.41) is 11.0. The van der Waals surface area contributed by atoms with Gasteiger partial charge in [-0.2, -0.15) is 5.26 Å². The van der Waals surface area contributed by atoms with Crippen LogP contribution in [0.15, 0.2) is 41.8 Å². The number of hydrogen-bond acceptors (Lipinski definition) is 2. The van der Waals surface area contributed by atoms with Crippen LogP contribution >= 0.6 is 11.3 Å². The third kappa shape index (κ3) is 2.36. The van der Waals surface area contributed by atoms with Crippen molar-refractivity contribution in [2.75, 3.05) is 0 Å². The average molecular weight is 229 g/mol. The Bertz CT molecular complexity index is 532. The maximum absolute atomic E-state index is 12.7. The first-order valence-electron chi connectivity index (χ1n) is 4.71. The molecule has 1 aromatic carbocycles. The van der Waals surface area contributed by atoms with Gasteiger partial charge in [0.15, 0.2) is 0 Å². The van der Waals surface area contributed by atoms with Gasteiger partial charge >= 0.3 is 0 Å². The van der Waals surface area contributed by atoms with E-state index in [-0.39, 0.29) is 5.82 Å². The lowest BCUT2D eigenvalue weighted by atomic mass is 10.1. The quantitative estimate of drug-likeness (QED) is 0.715. The normalized spacial score (nSPS) is 11.1. The van der Waals surface area contributed by atoms with Crippen LogP contribution in [-0.4, -0.2) is 0 Å². The minimum absolute atomic E-state index is 0.294. The third-order valence-electron chi connectivity index (χ3n) is 2.11. The van der Waals surface area contributed by atoms with E-state index in [1.165, 1.54) is 12.1 Å². The maximum atomic E-state index is 12.7. The fraction of sp³-hybridized carbons (Fsp3) is 0. The maximum Gasteiger partial charge on any atom is 0.123 e. The van der Waals surface area contributed by atoms with E-state index in [0.717, 1.165) is 10.4 Å². The topological polar surface area (TPSA) is 23.8 Å². The predicted octanol–water partition coefficient (Wildman–Crippen LogP) is 3.95. The molecule has 1 nitrogen and oxygen atoms in total. The molecular weight excluding hydrogens is 221 g/mol. The molecular formula is C13H8FNS. The molecule has 0 saturated carbocycles. The number of nitriles is 1. The van der Waals surface area contributed by atoms with Crippen molar-refractivity contribution < 1.29 is 4.39 Å². The molecule has 0 unspecified atom stereocenters. The van der Waals surface area contributed by atoms with Crippen molar-refractivity contribution in [3.05, 3.63) is 58.0 Å². The van der Waals surface area contributed by atoms with Gasteiger partial charge in [0.25, 0.3) is 0 Å². The van der Waals surface area contributed by atoms with Gasteiger partial charge in [0.1, 0.15) is 5.82 Å². The molecule has 78 valence electrons. The molecule has 0 N–H and O–H groups in total. The second-order valence-corrected chi connectivity index (χ2v) is 4.17. The first kappa shape index (κ1) is 10.6. The zero-order valence-corrected chi connectivity index (χ0v) is 9.17. The molecule has 0 aliphatic rings. The molecule has 0 amide bonds. The van der Waals surface area contributed by atoms with Crippen molar-refractivity contribution in [3.8, 4) is 6.07 Å². The van der Waals surface area contributed by atoms with E-state index in [1.807, 2.05) is 17.5 Å². The highest BCUT2D eigenvalue weighted by molar-refractivity contribution is 7.10. The predicted molar refractivity (Wildman–Crippen MR) is 64.2 cm³/mol. The number of nitrogens with zero attached hydrogens (tertiary/aromatic N) is 1. The van der Waals surface area contributed by atoms with E-state index in [9.17, 15) is 4.39 Å². The molecule has 0 spiro atoms. The van der Waals surface area contributed by atoms with Crippen LogP contribution in [0.25, 0.3) is 11.6 Å². The second-order valence-electron chi connectivity index (χ2n) is 3.19. The standard InChI is InChI=1S/C13H8FNS/c14-12-5-3-10(4-6-12)11(9-15)8-13-2-1-7-16-13/h1-8H/b11-8+. The van der Waals surface area contributed by atoms with E-state index in [4.69, 9.17) is 5.26 Å². The molecule has 0 fully saturated rings. The molecule has 2 rings (SSSR count). The summed E-state index contributed by atoms with van der Waals surface area (Å²) >= 11 is 1.56. The third-order valence-corrected chi connectivity index (χ3v) is 2.92. The van der Waals surface area contributed by atoms with Crippen LogP contribution in [0.1, 0.15) is 10.4 Å². The van der Waals surface area contributed by atoms with E-state index in [2.05, 4.69) is 6.07 Å². The highest BCUT2D eigenvalue weighted by Crippen LogP contribution is 2.20.